The molecule has 0 fully saturated rings. The zero-order valence-electron chi connectivity index (χ0n) is 23.7. The van der Waals surface area contributed by atoms with Crippen molar-refractivity contribution in [2.45, 2.75) is 80.1 Å². The molecule has 2 aromatic carbocycles. The number of hydrogen-bond donors (Lipinski definition) is 0. The average Bonchev–Trinajstić information content (AvgIpc) is 2.74. The maximum Gasteiger partial charge on any atom is 1.00 e. The topological polar surface area (TPSA) is 44.8 Å². The summed E-state index contributed by atoms with van der Waals surface area (Å²) in [6, 6.07) is 8.11. The number of carbonyl (C=O) groups is 1. The Balaban J connectivity index is 0.00000578. The van der Waals surface area contributed by atoms with Gasteiger partial charge in [0.15, 0.2) is 5.52 Å². The molecule has 0 spiro atoms. The van der Waals surface area contributed by atoms with Crippen molar-refractivity contribution in [2.75, 3.05) is 19.8 Å². The molecule has 2 aromatic rings. The van der Waals surface area contributed by atoms with E-state index in [0.717, 1.165) is 47.0 Å². The maximum atomic E-state index is 13.6. The van der Waals surface area contributed by atoms with Gasteiger partial charge in [0, 0.05) is 17.7 Å². The summed E-state index contributed by atoms with van der Waals surface area (Å²) in [4.78, 5) is 13.6. The molecule has 0 amide bonds. The SMILES string of the molecule is CCCOc1cc(OCCC)c(PC(=O)c2c(C)cc(C(C)(C)C)cc2C)c(OCCC)c1.[H-].[Li+]. The Morgan fingerprint density at radius 1 is 0.824 bits per heavy atom. The van der Waals surface area contributed by atoms with Crippen LogP contribution in [0.2, 0.25) is 0 Å². The van der Waals surface area contributed by atoms with Gasteiger partial charge in [0.2, 0.25) is 0 Å². The van der Waals surface area contributed by atoms with Crippen LogP contribution in [0.25, 0.3) is 0 Å². The molecule has 0 saturated heterocycles. The van der Waals surface area contributed by atoms with Gasteiger partial charge in [0.05, 0.1) is 25.1 Å². The minimum absolute atomic E-state index is 0. The van der Waals surface area contributed by atoms with Crippen molar-refractivity contribution in [3.05, 3.63) is 46.5 Å². The van der Waals surface area contributed by atoms with Crippen molar-refractivity contribution in [3.8, 4) is 17.2 Å². The Bertz CT molecular complexity index is 904. The summed E-state index contributed by atoms with van der Waals surface area (Å²) in [5.74, 6) is 2.09. The van der Waals surface area contributed by atoms with Gasteiger partial charge >= 0.3 is 18.9 Å². The molecule has 0 saturated carbocycles. The largest absolute Gasteiger partial charge is 1.00 e. The number of benzene rings is 2. The molecule has 34 heavy (non-hydrogen) atoms. The molecule has 0 bridgehead atoms. The molecule has 0 aliphatic heterocycles. The van der Waals surface area contributed by atoms with Gasteiger partial charge in [-0.25, -0.2) is 0 Å². The van der Waals surface area contributed by atoms with Gasteiger partial charge in [-0.3, -0.25) is 4.79 Å². The first kappa shape index (κ1) is 30.6. The molecule has 184 valence electrons. The van der Waals surface area contributed by atoms with Crippen molar-refractivity contribution in [1.29, 1.82) is 0 Å². The fraction of sp³-hybridized carbons (Fsp3) is 0.536. The van der Waals surface area contributed by atoms with Gasteiger partial charge < -0.3 is 15.6 Å². The normalized spacial score (nSPS) is 11.4. The molecule has 0 aliphatic carbocycles. The second kappa shape index (κ2) is 14.2. The third-order valence-corrected chi connectivity index (χ3v) is 6.52. The molecular formula is C28H42LiO4P. The summed E-state index contributed by atoms with van der Waals surface area (Å²) in [6.07, 6.45) is 2.68. The third kappa shape index (κ3) is 8.33. The van der Waals surface area contributed by atoms with Crippen LogP contribution in [0.5, 0.6) is 17.2 Å². The Kier molecular flexibility index (Phi) is 12.8. The fourth-order valence-electron chi connectivity index (χ4n) is 3.57. The zero-order valence-corrected chi connectivity index (χ0v) is 23.7. The maximum absolute atomic E-state index is 13.6. The predicted molar refractivity (Wildman–Crippen MR) is 142 cm³/mol. The van der Waals surface area contributed by atoms with E-state index < -0.39 is 0 Å². The minimum Gasteiger partial charge on any atom is -1.00 e. The quantitative estimate of drug-likeness (QED) is 0.337. The van der Waals surface area contributed by atoms with Crippen LogP contribution in [0.1, 0.15) is 89.3 Å². The second-order valence-electron chi connectivity index (χ2n) is 9.53. The minimum atomic E-state index is -0.0937. The fourth-order valence-corrected chi connectivity index (χ4v) is 4.86. The van der Waals surface area contributed by atoms with Gasteiger partial charge in [0.25, 0.3) is 0 Å². The van der Waals surface area contributed by atoms with E-state index in [-0.39, 0.29) is 39.8 Å². The monoisotopic (exact) mass is 480 g/mol. The summed E-state index contributed by atoms with van der Waals surface area (Å²) in [5.41, 5.74) is 4.23. The van der Waals surface area contributed by atoms with E-state index in [0.29, 0.717) is 31.3 Å². The number of ether oxygens (including phenoxy) is 3. The van der Waals surface area contributed by atoms with E-state index in [1.807, 2.05) is 26.0 Å². The zero-order chi connectivity index (χ0) is 24.6. The van der Waals surface area contributed by atoms with Gasteiger partial charge in [0.1, 0.15) is 17.2 Å². The first-order valence-corrected chi connectivity index (χ1v) is 13.1. The Labute approximate surface area is 222 Å². The van der Waals surface area contributed by atoms with Gasteiger partial charge in [-0.15, -0.1) is 0 Å². The molecule has 6 heteroatoms. The number of aryl methyl sites for hydroxylation is 2. The van der Waals surface area contributed by atoms with Crippen LogP contribution in [-0.2, 0) is 5.41 Å². The molecule has 2 rings (SSSR count). The molecule has 1 unspecified atom stereocenters. The van der Waals surface area contributed by atoms with Crippen molar-refractivity contribution >= 4 is 19.4 Å². The molecule has 0 aliphatic rings. The number of rotatable bonds is 12. The van der Waals surface area contributed by atoms with Gasteiger partial charge in [-0.05, 0) is 63.8 Å². The Hall–Kier alpha value is -1.46. The average molecular weight is 481 g/mol. The van der Waals surface area contributed by atoms with E-state index in [9.17, 15) is 4.79 Å². The number of hydrogen-bond acceptors (Lipinski definition) is 4. The summed E-state index contributed by atoms with van der Waals surface area (Å²) in [5, 5.41) is 0.824. The summed E-state index contributed by atoms with van der Waals surface area (Å²) in [6.45, 7) is 18.7. The van der Waals surface area contributed by atoms with Crippen molar-refractivity contribution in [3.63, 3.8) is 0 Å². The predicted octanol–water partition coefficient (Wildman–Crippen LogP) is 4.23. The Morgan fingerprint density at radius 2 is 1.26 bits per heavy atom. The van der Waals surface area contributed by atoms with Crippen molar-refractivity contribution in [2.24, 2.45) is 0 Å². The summed E-state index contributed by atoms with van der Waals surface area (Å²) >= 11 is 0. The third-order valence-electron chi connectivity index (χ3n) is 5.30. The molecule has 1 atom stereocenters. The first-order chi connectivity index (χ1) is 15.6. The van der Waals surface area contributed by atoms with E-state index in [4.69, 9.17) is 14.2 Å². The molecule has 4 nitrogen and oxygen atoms in total. The smallest absolute Gasteiger partial charge is 1.00 e. The Morgan fingerprint density at radius 3 is 1.68 bits per heavy atom. The first-order valence-electron chi connectivity index (χ1n) is 12.1. The second-order valence-corrected chi connectivity index (χ2v) is 10.7. The van der Waals surface area contributed by atoms with Crippen LogP contribution in [0.4, 0.5) is 0 Å². The molecule has 0 radical (unpaired) electrons. The van der Waals surface area contributed by atoms with Gasteiger partial charge in [-0.2, -0.15) is 0 Å². The van der Waals surface area contributed by atoms with Crippen LogP contribution in [0.3, 0.4) is 0 Å². The number of carbonyl (C=O) groups excluding carboxylic acids is 1. The van der Waals surface area contributed by atoms with Crippen LogP contribution in [-0.4, -0.2) is 25.3 Å². The van der Waals surface area contributed by atoms with Crippen LogP contribution in [0, 0.1) is 13.8 Å². The van der Waals surface area contributed by atoms with Crippen molar-refractivity contribution in [1.82, 2.24) is 0 Å². The summed E-state index contributed by atoms with van der Waals surface area (Å²) in [7, 11) is -0.0937. The molecule has 0 N–H and O–H groups in total. The molecular weight excluding hydrogens is 438 g/mol. The van der Waals surface area contributed by atoms with Crippen LogP contribution < -0.4 is 38.4 Å². The van der Waals surface area contributed by atoms with E-state index in [1.54, 1.807) is 0 Å². The van der Waals surface area contributed by atoms with Gasteiger partial charge in [-0.1, -0.05) is 53.7 Å². The standard InChI is InChI=1S/C28H41O4P.Li.H/c1-9-12-30-22-17-23(31-13-10-2)26(24(18-22)32-14-11-3)33-27(29)25-19(4)15-21(16-20(25)5)28(6,7)8;;/h15-18,33H,9-14H2,1-8H3;;/q;+1;-1. The van der Waals surface area contributed by atoms with Crippen LogP contribution in [0.15, 0.2) is 24.3 Å². The van der Waals surface area contributed by atoms with E-state index in [2.05, 4.69) is 53.7 Å². The van der Waals surface area contributed by atoms with Crippen LogP contribution >= 0.6 is 8.58 Å². The molecule has 0 aromatic heterocycles. The van der Waals surface area contributed by atoms with E-state index >= 15 is 0 Å². The van der Waals surface area contributed by atoms with Crippen molar-refractivity contribution < 1.29 is 39.3 Å². The van der Waals surface area contributed by atoms with E-state index in [1.165, 1.54) is 5.56 Å². The summed E-state index contributed by atoms with van der Waals surface area (Å²) < 4.78 is 18.0. The molecule has 0 heterocycles.